The standard InChI is InChI=1S/C19H17FN2O3/c1-2-24-15-9-7-13(8-10-15)19(23)21-12-14-11-18(25-22-14)16-5-3-4-6-17(16)20/h3-11H,2,12H2,1H3,(H,21,23). The number of aromatic nitrogens is 1. The third kappa shape index (κ3) is 4.03. The van der Waals surface area contributed by atoms with Crippen molar-refractivity contribution in [2.24, 2.45) is 0 Å². The van der Waals surface area contributed by atoms with Crippen molar-refractivity contribution in [2.75, 3.05) is 6.61 Å². The summed E-state index contributed by atoms with van der Waals surface area (Å²) in [4.78, 5) is 12.1. The minimum absolute atomic E-state index is 0.185. The first-order valence-corrected chi connectivity index (χ1v) is 7.89. The molecule has 0 aliphatic carbocycles. The van der Waals surface area contributed by atoms with Crippen molar-refractivity contribution in [1.82, 2.24) is 10.5 Å². The van der Waals surface area contributed by atoms with Gasteiger partial charge in [-0.1, -0.05) is 17.3 Å². The first kappa shape index (κ1) is 16.7. The molecule has 0 atom stereocenters. The van der Waals surface area contributed by atoms with Crippen LogP contribution in [0.25, 0.3) is 11.3 Å². The first-order valence-electron chi connectivity index (χ1n) is 7.89. The maximum Gasteiger partial charge on any atom is 0.251 e. The molecule has 25 heavy (non-hydrogen) atoms. The lowest BCUT2D eigenvalue weighted by Gasteiger charge is -2.05. The Morgan fingerprint density at radius 2 is 1.96 bits per heavy atom. The number of carbonyl (C=O) groups excluding carboxylic acids is 1. The van der Waals surface area contributed by atoms with Crippen LogP contribution in [0.15, 0.2) is 59.1 Å². The molecule has 128 valence electrons. The average molecular weight is 340 g/mol. The van der Waals surface area contributed by atoms with Gasteiger partial charge in [-0.05, 0) is 43.3 Å². The number of rotatable bonds is 6. The van der Waals surface area contributed by atoms with Crippen LogP contribution >= 0.6 is 0 Å². The molecule has 0 fully saturated rings. The number of hydrogen-bond donors (Lipinski definition) is 1. The van der Waals surface area contributed by atoms with Crippen LogP contribution in [0.3, 0.4) is 0 Å². The molecule has 6 heteroatoms. The van der Waals surface area contributed by atoms with Crippen molar-refractivity contribution < 1.29 is 18.4 Å². The topological polar surface area (TPSA) is 64.4 Å². The number of carbonyl (C=O) groups is 1. The van der Waals surface area contributed by atoms with Crippen LogP contribution in [0.5, 0.6) is 5.75 Å². The van der Waals surface area contributed by atoms with Crippen LogP contribution in [0.1, 0.15) is 23.0 Å². The summed E-state index contributed by atoms with van der Waals surface area (Å²) in [6, 6.07) is 14.7. The molecule has 1 N–H and O–H groups in total. The Hall–Kier alpha value is -3.15. The molecule has 0 spiro atoms. The van der Waals surface area contributed by atoms with E-state index < -0.39 is 0 Å². The highest BCUT2D eigenvalue weighted by molar-refractivity contribution is 5.94. The molecule has 3 rings (SSSR count). The van der Waals surface area contributed by atoms with E-state index in [1.165, 1.54) is 6.07 Å². The lowest BCUT2D eigenvalue weighted by Crippen LogP contribution is -2.22. The summed E-state index contributed by atoms with van der Waals surface area (Å²) in [5.41, 5.74) is 1.36. The minimum Gasteiger partial charge on any atom is -0.494 e. The Morgan fingerprint density at radius 1 is 1.20 bits per heavy atom. The summed E-state index contributed by atoms with van der Waals surface area (Å²) in [7, 11) is 0. The fourth-order valence-electron chi connectivity index (χ4n) is 2.33. The van der Waals surface area contributed by atoms with Crippen molar-refractivity contribution in [3.63, 3.8) is 0 Å². The minimum atomic E-state index is -0.386. The molecule has 0 saturated carbocycles. The molecule has 1 heterocycles. The largest absolute Gasteiger partial charge is 0.494 e. The van der Waals surface area contributed by atoms with Gasteiger partial charge in [0.15, 0.2) is 5.76 Å². The van der Waals surface area contributed by atoms with Crippen LogP contribution in [-0.2, 0) is 6.54 Å². The Bertz CT molecular complexity index is 859. The molecule has 0 aliphatic rings. The van der Waals surface area contributed by atoms with Gasteiger partial charge in [0.1, 0.15) is 17.3 Å². The molecule has 1 aromatic heterocycles. The van der Waals surface area contributed by atoms with Gasteiger partial charge in [-0.15, -0.1) is 0 Å². The van der Waals surface area contributed by atoms with Gasteiger partial charge < -0.3 is 14.6 Å². The lowest BCUT2D eigenvalue weighted by molar-refractivity contribution is 0.0950. The third-order valence-electron chi connectivity index (χ3n) is 3.56. The van der Waals surface area contributed by atoms with Gasteiger partial charge >= 0.3 is 0 Å². The Morgan fingerprint density at radius 3 is 2.68 bits per heavy atom. The number of nitrogens with zero attached hydrogens (tertiary/aromatic N) is 1. The smallest absolute Gasteiger partial charge is 0.251 e. The molecule has 3 aromatic rings. The molecule has 0 radical (unpaired) electrons. The number of benzene rings is 2. The second-order valence-corrected chi connectivity index (χ2v) is 5.30. The van der Waals surface area contributed by atoms with Gasteiger partial charge in [-0.2, -0.15) is 0 Å². The van der Waals surface area contributed by atoms with Crippen LogP contribution < -0.4 is 10.1 Å². The summed E-state index contributed by atoms with van der Waals surface area (Å²) in [5, 5.41) is 6.61. The molecule has 5 nitrogen and oxygen atoms in total. The Labute approximate surface area is 144 Å². The lowest BCUT2D eigenvalue weighted by atomic mass is 10.1. The summed E-state index contributed by atoms with van der Waals surface area (Å²) in [5.74, 6) is 0.413. The van der Waals surface area contributed by atoms with Crippen LogP contribution in [0.4, 0.5) is 4.39 Å². The zero-order valence-corrected chi connectivity index (χ0v) is 13.7. The van der Waals surface area contributed by atoms with Crippen LogP contribution in [-0.4, -0.2) is 17.7 Å². The van der Waals surface area contributed by atoms with Gasteiger partial charge in [0.2, 0.25) is 0 Å². The van der Waals surface area contributed by atoms with E-state index in [9.17, 15) is 9.18 Å². The molecular weight excluding hydrogens is 323 g/mol. The summed E-state index contributed by atoms with van der Waals surface area (Å²) in [6.07, 6.45) is 0. The zero-order chi connectivity index (χ0) is 17.6. The second kappa shape index (κ2) is 7.61. The maximum atomic E-state index is 13.7. The maximum absolute atomic E-state index is 13.7. The Kier molecular flexibility index (Phi) is 5.09. The molecule has 0 aliphatic heterocycles. The molecular formula is C19H17FN2O3. The predicted octanol–water partition coefficient (Wildman–Crippen LogP) is 3.81. The number of hydrogen-bond acceptors (Lipinski definition) is 4. The normalized spacial score (nSPS) is 10.5. The number of halogens is 1. The van der Waals surface area contributed by atoms with Gasteiger partial charge in [-0.3, -0.25) is 4.79 Å². The van der Waals surface area contributed by atoms with E-state index in [-0.39, 0.29) is 18.3 Å². The van der Waals surface area contributed by atoms with Gasteiger partial charge in [0.25, 0.3) is 5.91 Å². The number of ether oxygens (including phenoxy) is 1. The van der Waals surface area contributed by atoms with Crippen molar-refractivity contribution in [2.45, 2.75) is 13.5 Å². The van der Waals surface area contributed by atoms with E-state index in [2.05, 4.69) is 10.5 Å². The van der Waals surface area contributed by atoms with E-state index in [1.807, 2.05) is 6.92 Å². The van der Waals surface area contributed by atoms with Crippen molar-refractivity contribution in [3.8, 4) is 17.1 Å². The number of amides is 1. The van der Waals surface area contributed by atoms with Crippen LogP contribution in [0, 0.1) is 5.82 Å². The molecule has 0 saturated heterocycles. The highest BCUT2D eigenvalue weighted by Crippen LogP contribution is 2.23. The molecule has 0 bridgehead atoms. The predicted molar refractivity (Wildman–Crippen MR) is 90.7 cm³/mol. The number of nitrogens with one attached hydrogen (secondary N) is 1. The van der Waals surface area contributed by atoms with Gasteiger partial charge in [0.05, 0.1) is 18.7 Å². The molecule has 1 amide bonds. The fraction of sp³-hybridized carbons (Fsp3) is 0.158. The van der Waals surface area contributed by atoms with Crippen molar-refractivity contribution >= 4 is 5.91 Å². The molecule has 0 unspecified atom stereocenters. The third-order valence-corrected chi connectivity index (χ3v) is 3.56. The molecule has 2 aromatic carbocycles. The van der Waals surface area contributed by atoms with E-state index in [1.54, 1.807) is 48.5 Å². The summed E-state index contributed by atoms with van der Waals surface area (Å²) in [6.45, 7) is 2.65. The summed E-state index contributed by atoms with van der Waals surface area (Å²) >= 11 is 0. The van der Waals surface area contributed by atoms with E-state index in [4.69, 9.17) is 9.26 Å². The van der Waals surface area contributed by atoms with Crippen LogP contribution in [0.2, 0.25) is 0 Å². The summed E-state index contributed by atoms with van der Waals surface area (Å²) < 4.78 is 24.2. The fourth-order valence-corrected chi connectivity index (χ4v) is 2.33. The quantitative estimate of drug-likeness (QED) is 0.741. The monoisotopic (exact) mass is 340 g/mol. The zero-order valence-electron chi connectivity index (χ0n) is 13.7. The van der Waals surface area contributed by atoms with Gasteiger partial charge in [0, 0.05) is 11.6 Å². The van der Waals surface area contributed by atoms with E-state index in [0.29, 0.717) is 34.9 Å². The highest BCUT2D eigenvalue weighted by Gasteiger charge is 2.12. The van der Waals surface area contributed by atoms with Crippen molar-refractivity contribution in [1.29, 1.82) is 0 Å². The SMILES string of the molecule is CCOc1ccc(C(=O)NCc2cc(-c3ccccc3F)on2)cc1. The van der Waals surface area contributed by atoms with Crippen molar-refractivity contribution in [3.05, 3.63) is 71.7 Å². The van der Waals surface area contributed by atoms with E-state index in [0.717, 1.165) is 0 Å². The van der Waals surface area contributed by atoms with Gasteiger partial charge in [-0.25, -0.2) is 4.39 Å². The average Bonchev–Trinajstić information content (AvgIpc) is 3.10. The first-order chi connectivity index (χ1) is 12.2. The Balaban J connectivity index is 1.62. The highest BCUT2D eigenvalue weighted by atomic mass is 19.1. The second-order valence-electron chi connectivity index (χ2n) is 5.30. The van der Waals surface area contributed by atoms with E-state index >= 15 is 0 Å².